The van der Waals surface area contributed by atoms with Crippen molar-refractivity contribution in [2.45, 2.75) is 12.6 Å². The molecule has 0 N–H and O–H groups in total. The summed E-state index contributed by atoms with van der Waals surface area (Å²) >= 11 is 5.74. The van der Waals surface area contributed by atoms with Gasteiger partial charge in [-0.2, -0.15) is 13.2 Å². The van der Waals surface area contributed by atoms with Crippen molar-refractivity contribution >= 4 is 11.6 Å². The maximum Gasteiger partial charge on any atom is 0.420 e. The van der Waals surface area contributed by atoms with Crippen molar-refractivity contribution in [1.82, 2.24) is 4.90 Å². The standard InChI is InChI=1S/C12H15ClF3NO/c1-17(2)7-4-8-18-11-9(12(14,15)16)5-3-6-10(11)13/h3,5-6H,4,7-8H2,1-2H3. The van der Waals surface area contributed by atoms with Crippen molar-refractivity contribution in [1.29, 1.82) is 0 Å². The predicted octanol–water partition coefficient (Wildman–Crippen LogP) is 3.69. The second kappa shape index (κ2) is 6.29. The lowest BCUT2D eigenvalue weighted by molar-refractivity contribution is -0.138. The van der Waals surface area contributed by atoms with Gasteiger partial charge in [0, 0.05) is 6.54 Å². The number of hydrogen-bond donors (Lipinski definition) is 0. The van der Waals surface area contributed by atoms with E-state index in [1.165, 1.54) is 12.1 Å². The number of halogens is 4. The first-order valence-electron chi connectivity index (χ1n) is 5.45. The molecule has 0 bridgehead atoms. The van der Waals surface area contributed by atoms with Gasteiger partial charge < -0.3 is 9.64 Å². The van der Waals surface area contributed by atoms with Crippen molar-refractivity contribution in [2.24, 2.45) is 0 Å². The van der Waals surface area contributed by atoms with Crippen LogP contribution in [0.3, 0.4) is 0 Å². The molecule has 102 valence electrons. The summed E-state index contributed by atoms with van der Waals surface area (Å²) in [5, 5.41) is -0.0188. The first-order valence-corrected chi connectivity index (χ1v) is 5.83. The van der Waals surface area contributed by atoms with Gasteiger partial charge in [-0.1, -0.05) is 17.7 Å². The molecular weight excluding hydrogens is 267 g/mol. The quantitative estimate of drug-likeness (QED) is 0.763. The zero-order valence-corrected chi connectivity index (χ0v) is 11.0. The van der Waals surface area contributed by atoms with Crippen LogP contribution < -0.4 is 4.74 Å². The van der Waals surface area contributed by atoms with E-state index in [-0.39, 0.29) is 17.4 Å². The highest BCUT2D eigenvalue weighted by molar-refractivity contribution is 6.32. The number of benzene rings is 1. The van der Waals surface area contributed by atoms with Crippen LogP contribution in [0.15, 0.2) is 18.2 Å². The monoisotopic (exact) mass is 281 g/mol. The van der Waals surface area contributed by atoms with Gasteiger partial charge in [0.15, 0.2) is 0 Å². The Labute approximate surface area is 109 Å². The molecule has 0 heterocycles. The van der Waals surface area contributed by atoms with E-state index in [9.17, 15) is 13.2 Å². The molecule has 0 aliphatic rings. The first kappa shape index (κ1) is 15.1. The molecule has 0 unspecified atom stereocenters. The highest BCUT2D eigenvalue weighted by Gasteiger charge is 2.35. The summed E-state index contributed by atoms with van der Waals surface area (Å²) in [6, 6.07) is 3.61. The Bertz CT molecular complexity index is 393. The molecule has 0 saturated heterocycles. The topological polar surface area (TPSA) is 12.5 Å². The number of nitrogens with zero attached hydrogens (tertiary/aromatic N) is 1. The molecular formula is C12H15ClF3NO. The van der Waals surface area contributed by atoms with E-state index in [1.54, 1.807) is 0 Å². The molecule has 1 rings (SSSR count). The predicted molar refractivity (Wildman–Crippen MR) is 65.1 cm³/mol. The maximum absolute atomic E-state index is 12.7. The normalized spacial score (nSPS) is 11.9. The Morgan fingerprint density at radius 1 is 1.28 bits per heavy atom. The summed E-state index contributed by atoms with van der Waals surface area (Å²) in [6.45, 7) is 0.941. The Kier molecular flexibility index (Phi) is 5.28. The fraction of sp³-hybridized carbons (Fsp3) is 0.500. The number of para-hydroxylation sites is 1. The van der Waals surface area contributed by atoms with Gasteiger partial charge in [-0.3, -0.25) is 0 Å². The zero-order valence-electron chi connectivity index (χ0n) is 10.2. The highest BCUT2D eigenvalue weighted by Crippen LogP contribution is 2.40. The lowest BCUT2D eigenvalue weighted by atomic mass is 10.2. The molecule has 0 radical (unpaired) electrons. The second-order valence-electron chi connectivity index (χ2n) is 4.12. The molecule has 0 atom stereocenters. The molecule has 0 aliphatic carbocycles. The Hall–Kier alpha value is -0.940. The van der Waals surface area contributed by atoms with Crippen LogP contribution in [0.5, 0.6) is 5.75 Å². The van der Waals surface area contributed by atoms with E-state index in [0.29, 0.717) is 6.42 Å². The summed E-state index contributed by atoms with van der Waals surface area (Å²) in [4.78, 5) is 1.93. The SMILES string of the molecule is CN(C)CCCOc1c(Cl)cccc1C(F)(F)F. The van der Waals surface area contributed by atoms with Crippen LogP contribution >= 0.6 is 11.6 Å². The molecule has 18 heavy (non-hydrogen) atoms. The van der Waals surface area contributed by atoms with Crippen LogP contribution in [0.4, 0.5) is 13.2 Å². The minimum atomic E-state index is -4.46. The van der Waals surface area contributed by atoms with Crippen molar-refractivity contribution in [2.75, 3.05) is 27.2 Å². The minimum absolute atomic E-state index is 0.0188. The average Bonchev–Trinajstić information content (AvgIpc) is 2.24. The van der Waals surface area contributed by atoms with Crippen LogP contribution in [0.2, 0.25) is 5.02 Å². The van der Waals surface area contributed by atoms with Gasteiger partial charge in [0.25, 0.3) is 0 Å². The summed E-state index contributed by atoms with van der Waals surface area (Å²) < 4.78 is 43.3. The van der Waals surface area contributed by atoms with Gasteiger partial charge in [-0.25, -0.2) is 0 Å². The third-order valence-electron chi connectivity index (χ3n) is 2.27. The summed E-state index contributed by atoms with van der Waals surface area (Å²) in [5.41, 5.74) is -0.833. The van der Waals surface area contributed by atoms with E-state index in [0.717, 1.165) is 12.6 Å². The Balaban J connectivity index is 2.75. The minimum Gasteiger partial charge on any atom is -0.491 e. The second-order valence-corrected chi connectivity index (χ2v) is 4.53. The van der Waals surface area contributed by atoms with Crippen LogP contribution in [0.25, 0.3) is 0 Å². The maximum atomic E-state index is 12.7. The Morgan fingerprint density at radius 3 is 2.50 bits per heavy atom. The third-order valence-corrected chi connectivity index (χ3v) is 2.57. The molecule has 0 amide bonds. The highest BCUT2D eigenvalue weighted by atomic mass is 35.5. The summed E-state index contributed by atoms with van der Waals surface area (Å²) in [6.07, 6.45) is -3.82. The number of rotatable bonds is 5. The molecule has 1 aromatic carbocycles. The first-order chi connectivity index (χ1) is 8.32. The van der Waals surface area contributed by atoms with E-state index in [1.807, 2.05) is 19.0 Å². The van der Waals surface area contributed by atoms with Gasteiger partial charge in [-0.15, -0.1) is 0 Å². The lowest BCUT2D eigenvalue weighted by Gasteiger charge is -2.16. The number of ether oxygens (including phenoxy) is 1. The Morgan fingerprint density at radius 2 is 1.94 bits per heavy atom. The lowest BCUT2D eigenvalue weighted by Crippen LogP contribution is -2.16. The summed E-state index contributed by atoms with van der Waals surface area (Å²) in [7, 11) is 3.77. The molecule has 2 nitrogen and oxygen atoms in total. The molecule has 0 fully saturated rings. The van der Waals surface area contributed by atoms with Gasteiger partial charge in [0.2, 0.25) is 0 Å². The van der Waals surface area contributed by atoms with E-state index >= 15 is 0 Å². The van der Waals surface area contributed by atoms with Crippen LogP contribution in [0.1, 0.15) is 12.0 Å². The van der Waals surface area contributed by atoms with Crippen molar-refractivity contribution in [3.05, 3.63) is 28.8 Å². The fourth-order valence-corrected chi connectivity index (χ4v) is 1.66. The third kappa shape index (κ3) is 4.38. The smallest absolute Gasteiger partial charge is 0.420 e. The van der Waals surface area contributed by atoms with Gasteiger partial charge >= 0.3 is 6.18 Å². The molecule has 6 heteroatoms. The molecule has 0 aromatic heterocycles. The largest absolute Gasteiger partial charge is 0.491 e. The molecule has 1 aromatic rings. The van der Waals surface area contributed by atoms with Gasteiger partial charge in [0.05, 0.1) is 17.2 Å². The molecule has 0 spiro atoms. The van der Waals surface area contributed by atoms with Crippen LogP contribution in [-0.2, 0) is 6.18 Å². The van der Waals surface area contributed by atoms with Crippen molar-refractivity contribution in [3.8, 4) is 5.75 Å². The van der Waals surface area contributed by atoms with Crippen molar-refractivity contribution < 1.29 is 17.9 Å². The molecule has 0 aliphatic heterocycles. The van der Waals surface area contributed by atoms with Crippen LogP contribution in [0, 0.1) is 0 Å². The van der Waals surface area contributed by atoms with Crippen molar-refractivity contribution in [3.63, 3.8) is 0 Å². The zero-order chi connectivity index (χ0) is 13.8. The molecule has 0 saturated carbocycles. The fourth-order valence-electron chi connectivity index (χ4n) is 1.43. The van der Waals surface area contributed by atoms with E-state index in [2.05, 4.69) is 0 Å². The number of alkyl halides is 3. The van der Waals surface area contributed by atoms with E-state index < -0.39 is 11.7 Å². The van der Waals surface area contributed by atoms with Gasteiger partial charge in [0.1, 0.15) is 5.75 Å². The average molecular weight is 282 g/mol. The van der Waals surface area contributed by atoms with Crippen LogP contribution in [-0.4, -0.2) is 32.1 Å². The summed E-state index contributed by atoms with van der Waals surface area (Å²) in [5.74, 6) is -0.287. The van der Waals surface area contributed by atoms with Gasteiger partial charge in [-0.05, 0) is 32.6 Å². The number of hydrogen-bond acceptors (Lipinski definition) is 2. The van der Waals surface area contributed by atoms with E-state index in [4.69, 9.17) is 16.3 Å².